The Kier molecular flexibility index (Phi) is 7.36. The number of hydrogen-bond donors (Lipinski definition) is 1. The van der Waals surface area contributed by atoms with Crippen molar-refractivity contribution in [1.29, 1.82) is 0 Å². The molecular formula is C18H26N2O2S. The molecule has 2 rings (SSSR count). The van der Waals surface area contributed by atoms with E-state index in [4.69, 9.17) is 15.2 Å². The number of nitrogens with two attached hydrogens (primary N) is 1. The maximum atomic E-state index is 5.92. The van der Waals surface area contributed by atoms with Gasteiger partial charge in [-0.05, 0) is 30.5 Å². The van der Waals surface area contributed by atoms with Crippen molar-refractivity contribution in [3.05, 3.63) is 40.3 Å². The lowest BCUT2D eigenvalue weighted by atomic mass is 9.99. The Labute approximate surface area is 142 Å². The molecular weight excluding hydrogens is 308 g/mol. The van der Waals surface area contributed by atoms with E-state index in [9.17, 15) is 0 Å². The van der Waals surface area contributed by atoms with Crippen LogP contribution in [0.15, 0.2) is 29.8 Å². The SMILES string of the molecule is CCCCCOc1ccc(CC(CN)c2nccs2)cc1OC. The van der Waals surface area contributed by atoms with Crippen molar-refractivity contribution in [3.8, 4) is 11.5 Å². The average Bonchev–Trinajstić information content (AvgIpc) is 3.11. The van der Waals surface area contributed by atoms with E-state index in [1.165, 1.54) is 18.4 Å². The predicted octanol–water partition coefficient (Wildman–Crippen LogP) is 4.01. The van der Waals surface area contributed by atoms with Crippen molar-refractivity contribution in [2.45, 2.75) is 38.5 Å². The van der Waals surface area contributed by atoms with Crippen molar-refractivity contribution in [2.24, 2.45) is 5.73 Å². The van der Waals surface area contributed by atoms with Crippen LogP contribution in [0.5, 0.6) is 11.5 Å². The molecule has 5 heteroatoms. The summed E-state index contributed by atoms with van der Waals surface area (Å²) < 4.78 is 11.3. The molecule has 0 radical (unpaired) electrons. The second-order valence-electron chi connectivity index (χ2n) is 5.55. The van der Waals surface area contributed by atoms with Crippen LogP contribution in [-0.2, 0) is 6.42 Å². The molecule has 2 N–H and O–H groups in total. The van der Waals surface area contributed by atoms with Crippen LogP contribution >= 0.6 is 11.3 Å². The van der Waals surface area contributed by atoms with Gasteiger partial charge in [0.05, 0.1) is 18.7 Å². The van der Waals surface area contributed by atoms with Crippen molar-refractivity contribution < 1.29 is 9.47 Å². The molecule has 0 saturated carbocycles. The summed E-state index contributed by atoms with van der Waals surface area (Å²) in [5.74, 6) is 1.84. The molecule has 4 nitrogen and oxygen atoms in total. The van der Waals surface area contributed by atoms with Gasteiger partial charge in [0.15, 0.2) is 11.5 Å². The summed E-state index contributed by atoms with van der Waals surface area (Å²) in [6.07, 6.45) is 6.14. The van der Waals surface area contributed by atoms with Gasteiger partial charge >= 0.3 is 0 Å². The van der Waals surface area contributed by atoms with Crippen LogP contribution < -0.4 is 15.2 Å². The summed E-state index contributed by atoms with van der Waals surface area (Å²) in [6.45, 7) is 3.50. The molecule has 0 spiro atoms. The van der Waals surface area contributed by atoms with Crippen molar-refractivity contribution in [2.75, 3.05) is 20.3 Å². The Hall–Kier alpha value is -1.59. The molecule has 1 aromatic carbocycles. The van der Waals surface area contributed by atoms with E-state index in [0.29, 0.717) is 6.54 Å². The fourth-order valence-electron chi connectivity index (χ4n) is 2.48. The minimum atomic E-state index is 0.246. The number of methoxy groups -OCH3 is 1. The third kappa shape index (κ3) is 5.22. The topological polar surface area (TPSA) is 57.4 Å². The van der Waals surface area contributed by atoms with Gasteiger partial charge < -0.3 is 15.2 Å². The van der Waals surface area contributed by atoms with Crippen LogP contribution in [0.1, 0.15) is 42.7 Å². The third-order valence-electron chi connectivity index (χ3n) is 3.80. The zero-order valence-corrected chi connectivity index (χ0v) is 14.8. The summed E-state index contributed by atoms with van der Waals surface area (Å²) in [7, 11) is 1.68. The summed E-state index contributed by atoms with van der Waals surface area (Å²) in [5, 5.41) is 3.08. The predicted molar refractivity (Wildman–Crippen MR) is 95.6 cm³/mol. The van der Waals surface area contributed by atoms with E-state index < -0.39 is 0 Å². The molecule has 0 aliphatic carbocycles. The van der Waals surface area contributed by atoms with Gasteiger partial charge in [0.1, 0.15) is 0 Å². The highest BCUT2D eigenvalue weighted by atomic mass is 32.1. The largest absolute Gasteiger partial charge is 0.493 e. The first-order valence-corrected chi connectivity index (χ1v) is 9.05. The maximum Gasteiger partial charge on any atom is 0.161 e. The van der Waals surface area contributed by atoms with Gasteiger partial charge in [0, 0.05) is 24.0 Å². The maximum absolute atomic E-state index is 5.92. The number of hydrogen-bond acceptors (Lipinski definition) is 5. The minimum absolute atomic E-state index is 0.246. The lowest BCUT2D eigenvalue weighted by Crippen LogP contribution is -2.15. The lowest BCUT2D eigenvalue weighted by Gasteiger charge is -2.15. The molecule has 1 heterocycles. The normalized spacial score (nSPS) is 12.1. The monoisotopic (exact) mass is 334 g/mol. The Morgan fingerprint density at radius 2 is 2.13 bits per heavy atom. The van der Waals surface area contributed by atoms with Crippen molar-refractivity contribution in [3.63, 3.8) is 0 Å². The Balaban J connectivity index is 2.02. The highest BCUT2D eigenvalue weighted by Gasteiger charge is 2.15. The summed E-state index contributed by atoms with van der Waals surface area (Å²) in [6, 6.07) is 6.13. The van der Waals surface area contributed by atoms with E-state index in [1.807, 2.05) is 23.7 Å². The molecule has 0 amide bonds. The highest BCUT2D eigenvalue weighted by Crippen LogP contribution is 2.31. The highest BCUT2D eigenvalue weighted by molar-refractivity contribution is 7.09. The summed E-state index contributed by atoms with van der Waals surface area (Å²) >= 11 is 1.66. The molecule has 1 aromatic heterocycles. The van der Waals surface area contributed by atoms with Crippen molar-refractivity contribution in [1.82, 2.24) is 4.98 Å². The van der Waals surface area contributed by atoms with E-state index in [-0.39, 0.29) is 5.92 Å². The second-order valence-corrected chi connectivity index (χ2v) is 6.47. The molecule has 1 atom stereocenters. The quantitative estimate of drug-likeness (QED) is 0.667. The number of aromatic nitrogens is 1. The molecule has 0 saturated heterocycles. The summed E-state index contributed by atoms with van der Waals surface area (Å²) in [4.78, 5) is 4.38. The smallest absolute Gasteiger partial charge is 0.161 e. The first kappa shape index (κ1) is 17.8. The number of benzene rings is 1. The standard InChI is InChI=1S/C18H26N2O2S/c1-3-4-5-9-22-16-7-6-14(12-17(16)21-2)11-15(13-19)18-20-8-10-23-18/h6-8,10,12,15H,3-5,9,11,13,19H2,1-2H3. The van der Waals surface area contributed by atoms with Gasteiger partial charge in [-0.3, -0.25) is 0 Å². The molecule has 126 valence electrons. The number of unbranched alkanes of at least 4 members (excludes halogenated alkanes) is 2. The van der Waals surface area contributed by atoms with Gasteiger partial charge in [-0.25, -0.2) is 4.98 Å². The number of thiazole rings is 1. The lowest BCUT2D eigenvalue weighted by molar-refractivity contribution is 0.286. The van der Waals surface area contributed by atoms with E-state index in [0.717, 1.165) is 36.0 Å². The molecule has 0 bridgehead atoms. The molecule has 2 aromatic rings. The van der Waals surface area contributed by atoms with Crippen LogP contribution in [0.2, 0.25) is 0 Å². The van der Waals surface area contributed by atoms with E-state index >= 15 is 0 Å². The van der Waals surface area contributed by atoms with E-state index in [1.54, 1.807) is 18.4 Å². The molecule has 0 fully saturated rings. The molecule has 0 aliphatic rings. The van der Waals surface area contributed by atoms with Crippen LogP contribution in [0.3, 0.4) is 0 Å². The van der Waals surface area contributed by atoms with Gasteiger partial charge in [-0.2, -0.15) is 0 Å². The zero-order valence-electron chi connectivity index (χ0n) is 14.0. The Morgan fingerprint density at radius 1 is 1.26 bits per heavy atom. The fraction of sp³-hybridized carbons (Fsp3) is 0.500. The van der Waals surface area contributed by atoms with Crippen LogP contribution in [0.25, 0.3) is 0 Å². The van der Waals surface area contributed by atoms with Crippen molar-refractivity contribution >= 4 is 11.3 Å². The van der Waals surface area contributed by atoms with Gasteiger partial charge in [0.25, 0.3) is 0 Å². The minimum Gasteiger partial charge on any atom is -0.493 e. The number of ether oxygens (including phenoxy) is 2. The van der Waals surface area contributed by atoms with E-state index in [2.05, 4.69) is 18.0 Å². The number of rotatable bonds is 10. The molecule has 23 heavy (non-hydrogen) atoms. The Morgan fingerprint density at radius 3 is 2.78 bits per heavy atom. The van der Waals surface area contributed by atoms with Crippen LogP contribution in [0, 0.1) is 0 Å². The zero-order chi connectivity index (χ0) is 16.5. The van der Waals surface area contributed by atoms with Crippen LogP contribution in [0.4, 0.5) is 0 Å². The fourth-order valence-corrected chi connectivity index (χ4v) is 3.24. The molecule has 1 unspecified atom stereocenters. The first-order valence-electron chi connectivity index (χ1n) is 8.17. The average molecular weight is 334 g/mol. The molecule has 0 aliphatic heterocycles. The van der Waals surface area contributed by atoms with Gasteiger partial charge in [-0.1, -0.05) is 25.8 Å². The Bertz CT molecular complexity index is 572. The number of nitrogens with zero attached hydrogens (tertiary/aromatic N) is 1. The van der Waals surface area contributed by atoms with Gasteiger partial charge in [0.2, 0.25) is 0 Å². The van der Waals surface area contributed by atoms with Crippen LogP contribution in [-0.4, -0.2) is 25.2 Å². The summed E-state index contributed by atoms with van der Waals surface area (Å²) in [5.41, 5.74) is 7.11. The van der Waals surface area contributed by atoms with Gasteiger partial charge in [-0.15, -0.1) is 11.3 Å². The first-order chi connectivity index (χ1) is 11.3. The second kappa shape index (κ2) is 9.53. The third-order valence-corrected chi connectivity index (χ3v) is 4.74.